The number of carbonyl (C=O) groups is 2. The Morgan fingerprint density at radius 2 is 1.62 bits per heavy atom. The maximum Gasteiger partial charge on any atom is 0.416 e. The maximum absolute atomic E-state index is 12.8. The molecule has 0 aliphatic carbocycles. The van der Waals surface area contributed by atoms with E-state index >= 15 is 0 Å². The SMILES string of the molecule is O=C(N/N=C\c1cccc(OCc2c(Cl)cccc2Cl)c1)C(=O)Nc1cccc(C(F)(F)F)c1. The topological polar surface area (TPSA) is 79.8 Å². The van der Waals surface area contributed by atoms with E-state index in [9.17, 15) is 22.8 Å². The molecule has 3 rings (SSSR count). The van der Waals surface area contributed by atoms with Crippen molar-refractivity contribution in [2.24, 2.45) is 5.10 Å². The molecule has 0 aromatic heterocycles. The molecule has 34 heavy (non-hydrogen) atoms. The van der Waals surface area contributed by atoms with Crippen molar-refractivity contribution in [1.29, 1.82) is 0 Å². The number of hydrogen-bond acceptors (Lipinski definition) is 4. The fourth-order valence-electron chi connectivity index (χ4n) is 2.69. The lowest BCUT2D eigenvalue weighted by molar-refractivity contribution is -0.137. The lowest BCUT2D eigenvalue weighted by Crippen LogP contribution is -2.32. The first-order chi connectivity index (χ1) is 16.1. The zero-order chi connectivity index (χ0) is 24.7. The second kappa shape index (κ2) is 11.0. The van der Waals surface area contributed by atoms with E-state index < -0.39 is 23.6 Å². The summed E-state index contributed by atoms with van der Waals surface area (Å²) in [6.07, 6.45) is -3.31. The predicted octanol–water partition coefficient (Wildman–Crippen LogP) is 5.68. The number of rotatable bonds is 6. The molecule has 2 amide bonds. The summed E-state index contributed by atoms with van der Waals surface area (Å²) in [5, 5.41) is 6.71. The van der Waals surface area contributed by atoms with Crippen molar-refractivity contribution in [2.45, 2.75) is 12.8 Å². The van der Waals surface area contributed by atoms with Crippen LogP contribution in [0.15, 0.2) is 71.8 Å². The number of amides is 2. The highest BCUT2D eigenvalue weighted by molar-refractivity contribution is 6.39. The van der Waals surface area contributed by atoms with Gasteiger partial charge in [0.2, 0.25) is 0 Å². The van der Waals surface area contributed by atoms with Crippen molar-refractivity contribution in [3.05, 3.63) is 93.5 Å². The predicted molar refractivity (Wildman–Crippen MR) is 123 cm³/mol. The van der Waals surface area contributed by atoms with Crippen molar-refractivity contribution in [3.63, 3.8) is 0 Å². The molecule has 0 radical (unpaired) electrons. The Labute approximate surface area is 202 Å². The molecule has 0 bridgehead atoms. The number of anilines is 1. The molecule has 2 N–H and O–H groups in total. The molecule has 3 aromatic carbocycles. The van der Waals surface area contributed by atoms with Crippen LogP contribution >= 0.6 is 23.2 Å². The van der Waals surface area contributed by atoms with Crippen LogP contribution < -0.4 is 15.5 Å². The van der Waals surface area contributed by atoms with Crippen LogP contribution in [0.4, 0.5) is 18.9 Å². The summed E-state index contributed by atoms with van der Waals surface area (Å²) in [6, 6.07) is 15.7. The van der Waals surface area contributed by atoms with Crippen LogP contribution in [0.1, 0.15) is 16.7 Å². The Kier molecular flexibility index (Phi) is 8.14. The quantitative estimate of drug-likeness (QED) is 0.255. The largest absolute Gasteiger partial charge is 0.489 e. The molecule has 0 unspecified atom stereocenters. The van der Waals surface area contributed by atoms with Crippen LogP contribution in [0.25, 0.3) is 0 Å². The molecule has 0 aliphatic heterocycles. The minimum Gasteiger partial charge on any atom is -0.489 e. The third kappa shape index (κ3) is 6.97. The molecular weight excluding hydrogens is 494 g/mol. The van der Waals surface area contributed by atoms with Crippen molar-refractivity contribution >= 4 is 46.9 Å². The first-order valence-electron chi connectivity index (χ1n) is 9.61. The van der Waals surface area contributed by atoms with Crippen LogP contribution in [-0.4, -0.2) is 18.0 Å². The molecule has 11 heteroatoms. The van der Waals surface area contributed by atoms with E-state index in [1.165, 1.54) is 12.3 Å². The van der Waals surface area contributed by atoms with Gasteiger partial charge >= 0.3 is 18.0 Å². The summed E-state index contributed by atoms with van der Waals surface area (Å²) in [7, 11) is 0. The van der Waals surface area contributed by atoms with E-state index in [4.69, 9.17) is 27.9 Å². The second-order valence-corrected chi connectivity index (χ2v) is 7.61. The van der Waals surface area contributed by atoms with Crippen LogP contribution in [0.5, 0.6) is 5.75 Å². The number of carbonyl (C=O) groups excluding carboxylic acids is 2. The van der Waals surface area contributed by atoms with E-state index in [0.717, 1.165) is 18.2 Å². The number of benzene rings is 3. The van der Waals surface area contributed by atoms with Gasteiger partial charge in [-0.1, -0.05) is 47.5 Å². The van der Waals surface area contributed by atoms with Gasteiger partial charge in [-0.25, -0.2) is 5.43 Å². The number of nitrogens with zero attached hydrogens (tertiary/aromatic N) is 1. The summed E-state index contributed by atoms with van der Waals surface area (Å²) in [4.78, 5) is 23.8. The zero-order valence-corrected chi connectivity index (χ0v) is 18.7. The highest BCUT2D eigenvalue weighted by Gasteiger charge is 2.30. The van der Waals surface area contributed by atoms with Crippen molar-refractivity contribution in [3.8, 4) is 5.75 Å². The van der Waals surface area contributed by atoms with Crippen LogP contribution in [0, 0.1) is 0 Å². The Bertz CT molecular complexity index is 1210. The molecule has 0 aliphatic rings. The van der Waals surface area contributed by atoms with Gasteiger partial charge in [0.1, 0.15) is 12.4 Å². The number of ether oxygens (including phenoxy) is 1. The molecule has 0 fully saturated rings. The molecule has 6 nitrogen and oxygen atoms in total. The second-order valence-electron chi connectivity index (χ2n) is 6.79. The molecular formula is C23H16Cl2F3N3O3. The third-order valence-corrected chi connectivity index (χ3v) is 5.04. The number of hydrazone groups is 1. The molecule has 0 heterocycles. The van der Waals surface area contributed by atoms with E-state index in [1.807, 2.05) is 5.43 Å². The van der Waals surface area contributed by atoms with Crippen LogP contribution in [0.2, 0.25) is 10.0 Å². The summed E-state index contributed by atoms with van der Waals surface area (Å²) < 4.78 is 44.0. The van der Waals surface area contributed by atoms with Gasteiger partial charge in [0.15, 0.2) is 0 Å². The summed E-state index contributed by atoms with van der Waals surface area (Å²) in [5.41, 5.74) is 2.05. The molecule has 0 saturated carbocycles. The normalized spacial score (nSPS) is 11.3. The van der Waals surface area contributed by atoms with E-state index in [-0.39, 0.29) is 12.3 Å². The number of nitrogens with one attached hydrogen (secondary N) is 2. The molecule has 0 saturated heterocycles. The van der Waals surface area contributed by atoms with Gasteiger partial charge in [-0.2, -0.15) is 18.3 Å². The number of alkyl halides is 3. The van der Waals surface area contributed by atoms with Gasteiger partial charge in [0, 0.05) is 21.3 Å². The Morgan fingerprint density at radius 1 is 0.941 bits per heavy atom. The fraction of sp³-hybridized carbons (Fsp3) is 0.0870. The molecule has 3 aromatic rings. The number of halogens is 5. The van der Waals surface area contributed by atoms with E-state index in [2.05, 4.69) is 10.4 Å². The molecule has 176 valence electrons. The summed E-state index contributed by atoms with van der Waals surface area (Å²) >= 11 is 12.2. The fourth-order valence-corrected chi connectivity index (χ4v) is 3.19. The van der Waals surface area contributed by atoms with Gasteiger partial charge in [0.25, 0.3) is 0 Å². The lowest BCUT2D eigenvalue weighted by atomic mass is 10.2. The average Bonchev–Trinajstić information content (AvgIpc) is 2.78. The smallest absolute Gasteiger partial charge is 0.416 e. The lowest BCUT2D eigenvalue weighted by Gasteiger charge is -2.10. The van der Waals surface area contributed by atoms with Crippen molar-refractivity contribution in [1.82, 2.24) is 5.43 Å². The summed E-state index contributed by atoms with van der Waals surface area (Å²) in [6.45, 7) is 0.131. The van der Waals surface area contributed by atoms with E-state index in [0.29, 0.717) is 26.9 Å². The van der Waals surface area contributed by atoms with Gasteiger partial charge in [-0.05, 0) is 48.0 Å². The highest BCUT2D eigenvalue weighted by atomic mass is 35.5. The first-order valence-corrected chi connectivity index (χ1v) is 10.4. The Balaban J connectivity index is 1.56. The standard InChI is InChI=1S/C23H16Cl2F3N3O3/c24-19-8-3-9-20(25)18(19)13-34-17-7-1-4-14(10-17)12-29-31-22(33)21(32)30-16-6-2-5-15(11-16)23(26,27)28/h1-12H,13H2,(H,30,32)(H,31,33)/b29-12-. The molecule has 0 atom stereocenters. The van der Waals surface area contributed by atoms with Crippen LogP contribution in [-0.2, 0) is 22.4 Å². The highest BCUT2D eigenvalue weighted by Crippen LogP contribution is 2.30. The zero-order valence-electron chi connectivity index (χ0n) is 17.2. The third-order valence-electron chi connectivity index (χ3n) is 4.34. The first kappa shape index (κ1) is 25.1. The minimum atomic E-state index is -4.58. The number of hydrogen-bond donors (Lipinski definition) is 2. The van der Waals surface area contributed by atoms with Crippen molar-refractivity contribution in [2.75, 3.05) is 5.32 Å². The van der Waals surface area contributed by atoms with Gasteiger partial charge < -0.3 is 10.1 Å². The monoisotopic (exact) mass is 509 g/mol. The van der Waals surface area contributed by atoms with Crippen molar-refractivity contribution < 1.29 is 27.5 Å². The Morgan fingerprint density at radius 3 is 2.32 bits per heavy atom. The van der Waals surface area contributed by atoms with Gasteiger partial charge in [-0.15, -0.1) is 0 Å². The minimum absolute atomic E-state index is 0.131. The van der Waals surface area contributed by atoms with Crippen LogP contribution in [0.3, 0.4) is 0 Å². The Hall–Kier alpha value is -3.56. The van der Waals surface area contributed by atoms with E-state index in [1.54, 1.807) is 42.5 Å². The average molecular weight is 510 g/mol. The summed E-state index contributed by atoms with van der Waals surface area (Å²) in [5.74, 6) is -1.85. The maximum atomic E-state index is 12.8. The van der Waals surface area contributed by atoms with Gasteiger partial charge in [-0.3, -0.25) is 9.59 Å². The molecule has 0 spiro atoms. The van der Waals surface area contributed by atoms with Gasteiger partial charge in [0.05, 0.1) is 11.8 Å².